The smallest absolute Gasteiger partial charge is 0.258 e. The highest BCUT2D eigenvalue weighted by Gasteiger charge is 2.23. The molecule has 1 unspecified atom stereocenters. The van der Waals surface area contributed by atoms with Gasteiger partial charge in [0.1, 0.15) is 5.75 Å². The van der Waals surface area contributed by atoms with Crippen molar-refractivity contribution in [2.45, 2.75) is 31.9 Å². The summed E-state index contributed by atoms with van der Waals surface area (Å²) in [6.45, 7) is 1.67. The number of amides is 1. The highest BCUT2D eigenvalue weighted by molar-refractivity contribution is 5.78. The van der Waals surface area contributed by atoms with Gasteiger partial charge in [0.05, 0.1) is 6.10 Å². The fourth-order valence-corrected chi connectivity index (χ4v) is 1.60. The molecule has 92 valence electrons. The van der Waals surface area contributed by atoms with Gasteiger partial charge in [-0.15, -0.1) is 0 Å². The van der Waals surface area contributed by atoms with E-state index in [0.29, 0.717) is 17.4 Å². The first-order valence-electron chi connectivity index (χ1n) is 5.86. The van der Waals surface area contributed by atoms with E-state index in [-0.39, 0.29) is 12.5 Å². The SMILES string of the molecule is CC(O)c1ccccc1OCC(=O)NC1CC1. The summed E-state index contributed by atoms with van der Waals surface area (Å²) in [6, 6.07) is 7.54. The molecule has 0 heterocycles. The van der Waals surface area contributed by atoms with Gasteiger partial charge >= 0.3 is 0 Å². The zero-order chi connectivity index (χ0) is 12.3. The predicted octanol–water partition coefficient (Wildman–Crippen LogP) is 1.40. The predicted molar refractivity (Wildman–Crippen MR) is 63.7 cm³/mol. The molecule has 1 amide bonds. The van der Waals surface area contributed by atoms with E-state index >= 15 is 0 Å². The maximum Gasteiger partial charge on any atom is 0.258 e. The molecule has 1 atom stereocenters. The highest BCUT2D eigenvalue weighted by Crippen LogP contribution is 2.24. The highest BCUT2D eigenvalue weighted by atomic mass is 16.5. The van der Waals surface area contributed by atoms with Crippen molar-refractivity contribution in [2.24, 2.45) is 0 Å². The van der Waals surface area contributed by atoms with Crippen molar-refractivity contribution < 1.29 is 14.6 Å². The molecule has 1 saturated carbocycles. The van der Waals surface area contributed by atoms with E-state index in [4.69, 9.17) is 4.74 Å². The average Bonchev–Trinajstić information content (AvgIpc) is 3.10. The first-order chi connectivity index (χ1) is 8.16. The summed E-state index contributed by atoms with van der Waals surface area (Å²) in [5, 5.41) is 12.4. The Kier molecular flexibility index (Phi) is 3.64. The molecular weight excluding hydrogens is 218 g/mol. The molecular formula is C13H17NO3. The summed E-state index contributed by atoms with van der Waals surface area (Å²) in [6.07, 6.45) is 1.53. The van der Waals surface area contributed by atoms with Crippen LogP contribution in [-0.4, -0.2) is 23.7 Å². The molecule has 0 spiro atoms. The number of aliphatic hydroxyl groups excluding tert-OH is 1. The van der Waals surface area contributed by atoms with E-state index in [9.17, 15) is 9.90 Å². The summed E-state index contributed by atoms with van der Waals surface area (Å²) in [7, 11) is 0. The van der Waals surface area contributed by atoms with E-state index in [2.05, 4.69) is 5.32 Å². The largest absolute Gasteiger partial charge is 0.483 e. The summed E-state index contributed by atoms with van der Waals surface area (Å²) in [5.41, 5.74) is 0.701. The minimum atomic E-state index is -0.599. The second-order valence-electron chi connectivity index (χ2n) is 4.34. The maximum atomic E-state index is 11.4. The average molecular weight is 235 g/mol. The molecule has 0 saturated heterocycles. The van der Waals surface area contributed by atoms with Gasteiger partial charge < -0.3 is 15.2 Å². The number of benzene rings is 1. The molecule has 0 aromatic heterocycles. The lowest BCUT2D eigenvalue weighted by atomic mass is 10.1. The summed E-state index contributed by atoms with van der Waals surface area (Å²) < 4.78 is 5.42. The molecule has 1 fully saturated rings. The molecule has 4 heteroatoms. The number of hydrogen-bond donors (Lipinski definition) is 2. The number of carbonyl (C=O) groups is 1. The van der Waals surface area contributed by atoms with Gasteiger partial charge in [-0.3, -0.25) is 4.79 Å². The van der Waals surface area contributed by atoms with Gasteiger partial charge in [-0.2, -0.15) is 0 Å². The molecule has 4 nitrogen and oxygen atoms in total. The summed E-state index contributed by atoms with van der Waals surface area (Å²) in [5.74, 6) is 0.460. The zero-order valence-corrected chi connectivity index (χ0v) is 9.85. The normalized spacial score (nSPS) is 16.4. The van der Waals surface area contributed by atoms with Crippen LogP contribution in [0.1, 0.15) is 31.4 Å². The number of carbonyl (C=O) groups excluding carboxylic acids is 1. The van der Waals surface area contributed by atoms with E-state index in [1.165, 1.54) is 0 Å². The van der Waals surface area contributed by atoms with Gasteiger partial charge in [-0.05, 0) is 25.8 Å². The van der Waals surface area contributed by atoms with Gasteiger partial charge in [0.2, 0.25) is 0 Å². The van der Waals surface area contributed by atoms with Crippen LogP contribution in [0.4, 0.5) is 0 Å². The lowest BCUT2D eigenvalue weighted by Gasteiger charge is -2.12. The monoisotopic (exact) mass is 235 g/mol. The second kappa shape index (κ2) is 5.19. The van der Waals surface area contributed by atoms with Crippen LogP contribution in [0, 0.1) is 0 Å². The first kappa shape index (κ1) is 11.9. The van der Waals surface area contributed by atoms with E-state index in [0.717, 1.165) is 12.8 Å². The summed E-state index contributed by atoms with van der Waals surface area (Å²) in [4.78, 5) is 11.4. The Labute approximate surface area is 101 Å². The fourth-order valence-electron chi connectivity index (χ4n) is 1.60. The molecule has 2 rings (SSSR count). The molecule has 1 aliphatic carbocycles. The molecule has 0 bridgehead atoms. The Balaban J connectivity index is 1.90. The van der Waals surface area contributed by atoms with Crippen LogP contribution >= 0.6 is 0 Å². The standard InChI is InChI=1S/C13H17NO3/c1-9(15)11-4-2-3-5-12(11)17-8-13(16)14-10-6-7-10/h2-5,9-10,15H,6-8H2,1H3,(H,14,16). The Morgan fingerprint density at radius 2 is 2.24 bits per heavy atom. The zero-order valence-electron chi connectivity index (χ0n) is 9.85. The Morgan fingerprint density at radius 1 is 1.53 bits per heavy atom. The van der Waals surface area contributed by atoms with Crippen molar-refractivity contribution in [2.75, 3.05) is 6.61 Å². The number of rotatable bonds is 5. The molecule has 17 heavy (non-hydrogen) atoms. The van der Waals surface area contributed by atoms with Gasteiger partial charge in [0, 0.05) is 11.6 Å². The van der Waals surface area contributed by atoms with Crippen LogP contribution in [0.2, 0.25) is 0 Å². The number of ether oxygens (including phenoxy) is 1. The fraction of sp³-hybridized carbons (Fsp3) is 0.462. The van der Waals surface area contributed by atoms with Crippen molar-refractivity contribution in [3.05, 3.63) is 29.8 Å². The van der Waals surface area contributed by atoms with Crippen LogP contribution in [0.15, 0.2) is 24.3 Å². The molecule has 1 aromatic carbocycles. The molecule has 0 radical (unpaired) electrons. The van der Waals surface area contributed by atoms with Crippen LogP contribution in [-0.2, 0) is 4.79 Å². The van der Waals surface area contributed by atoms with Gasteiger partial charge in [-0.1, -0.05) is 18.2 Å². The van der Waals surface area contributed by atoms with E-state index < -0.39 is 6.10 Å². The Morgan fingerprint density at radius 3 is 2.88 bits per heavy atom. The molecule has 2 N–H and O–H groups in total. The lowest BCUT2D eigenvalue weighted by molar-refractivity contribution is -0.123. The lowest BCUT2D eigenvalue weighted by Crippen LogP contribution is -2.30. The first-order valence-corrected chi connectivity index (χ1v) is 5.86. The van der Waals surface area contributed by atoms with Gasteiger partial charge in [0.25, 0.3) is 5.91 Å². The number of hydrogen-bond acceptors (Lipinski definition) is 3. The molecule has 1 aliphatic rings. The van der Waals surface area contributed by atoms with Crippen molar-refractivity contribution in [3.63, 3.8) is 0 Å². The van der Waals surface area contributed by atoms with Crippen molar-refractivity contribution >= 4 is 5.91 Å². The van der Waals surface area contributed by atoms with E-state index in [1.54, 1.807) is 19.1 Å². The van der Waals surface area contributed by atoms with Crippen LogP contribution < -0.4 is 10.1 Å². The third kappa shape index (κ3) is 3.46. The maximum absolute atomic E-state index is 11.4. The van der Waals surface area contributed by atoms with Crippen LogP contribution in [0.5, 0.6) is 5.75 Å². The number of aliphatic hydroxyl groups is 1. The minimum absolute atomic E-state index is 0.000231. The third-order valence-corrected chi connectivity index (χ3v) is 2.67. The van der Waals surface area contributed by atoms with Crippen LogP contribution in [0.3, 0.4) is 0 Å². The number of nitrogens with one attached hydrogen (secondary N) is 1. The van der Waals surface area contributed by atoms with E-state index in [1.807, 2.05) is 12.1 Å². The molecule has 1 aromatic rings. The van der Waals surface area contributed by atoms with Gasteiger partial charge in [0.15, 0.2) is 6.61 Å². The third-order valence-electron chi connectivity index (χ3n) is 2.67. The quantitative estimate of drug-likeness (QED) is 0.811. The Hall–Kier alpha value is -1.55. The van der Waals surface area contributed by atoms with Crippen LogP contribution in [0.25, 0.3) is 0 Å². The second-order valence-corrected chi connectivity index (χ2v) is 4.34. The molecule has 0 aliphatic heterocycles. The minimum Gasteiger partial charge on any atom is -0.483 e. The topological polar surface area (TPSA) is 58.6 Å². The van der Waals surface area contributed by atoms with Crippen molar-refractivity contribution in [3.8, 4) is 5.75 Å². The number of para-hydroxylation sites is 1. The van der Waals surface area contributed by atoms with Gasteiger partial charge in [-0.25, -0.2) is 0 Å². The van der Waals surface area contributed by atoms with Crippen molar-refractivity contribution in [1.29, 1.82) is 0 Å². The Bertz CT molecular complexity index is 399. The summed E-state index contributed by atoms with van der Waals surface area (Å²) >= 11 is 0. The van der Waals surface area contributed by atoms with Crippen molar-refractivity contribution in [1.82, 2.24) is 5.32 Å².